The summed E-state index contributed by atoms with van der Waals surface area (Å²) in [5.74, 6) is 0.393. The number of nitrogens with one attached hydrogen (secondary N) is 1. The van der Waals surface area contributed by atoms with Gasteiger partial charge in [0.05, 0.1) is 4.90 Å². The Morgan fingerprint density at radius 1 is 1.41 bits per heavy atom. The Morgan fingerprint density at radius 2 is 2.14 bits per heavy atom. The van der Waals surface area contributed by atoms with Crippen molar-refractivity contribution in [3.05, 3.63) is 29.3 Å². The zero-order valence-electron chi connectivity index (χ0n) is 13.4. The van der Waals surface area contributed by atoms with Crippen LogP contribution in [0.2, 0.25) is 0 Å². The lowest BCUT2D eigenvalue weighted by Gasteiger charge is -2.33. The van der Waals surface area contributed by atoms with Gasteiger partial charge in [-0.15, -0.1) is 0 Å². The fourth-order valence-electron chi connectivity index (χ4n) is 2.94. The summed E-state index contributed by atoms with van der Waals surface area (Å²) >= 11 is 0. The van der Waals surface area contributed by atoms with Crippen molar-refractivity contribution in [3.8, 4) is 0 Å². The van der Waals surface area contributed by atoms with Gasteiger partial charge in [-0.1, -0.05) is 6.07 Å². The summed E-state index contributed by atoms with van der Waals surface area (Å²) in [5.41, 5.74) is 1.31. The van der Waals surface area contributed by atoms with E-state index in [4.69, 9.17) is 0 Å². The number of aryl methyl sites for hydroxylation is 1. The molecule has 0 spiro atoms. The molecular weight excluding hydrogens is 300 g/mol. The van der Waals surface area contributed by atoms with E-state index in [2.05, 4.69) is 5.32 Å². The molecule has 0 radical (unpaired) electrons. The van der Waals surface area contributed by atoms with E-state index in [1.165, 1.54) is 6.07 Å². The molecule has 1 aromatic rings. The van der Waals surface area contributed by atoms with Crippen LogP contribution in [0.1, 0.15) is 28.8 Å². The molecule has 0 aromatic heterocycles. The predicted molar refractivity (Wildman–Crippen MR) is 86.8 cm³/mol. The van der Waals surface area contributed by atoms with Gasteiger partial charge in [0.15, 0.2) is 9.84 Å². The molecule has 2 rings (SSSR count). The molecule has 1 saturated heterocycles. The van der Waals surface area contributed by atoms with Crippen molar-refractivity contribution in [2.75, 3.05) is 32.9 Å². The van der Waals surface area contributed by atoms with Crippen molar-refractivity contribution in [1.29, 1.82) is 0 Å². The Bertz CT molecular complexity index is 653. The second-order valence-corrected chi connectivity index (χ2v) is 8.08. The van der Waals surface area contributed by atoms with E-state index in [1.807, 2.05) is 18.9 Å². The van der Waals surface area contributed by atoms with Crippen LogP contribution in [0.25, 0.3) is 0 Å². The highest BCUT2D eigenvalue weighted by molar-refractivity contribution is 7.90. The number of amides is 1. The number of rotatable bonds is 4. The first-order valence-corrected chi connectivity index (χ1v) is 9.46. The minimum atomic E-state index is -3.31. The van der Waals surface area contributed by atoms with Crippen molar-refractivity contribution in [2.45, 2.75) is 24.7 Å². The van der Waals surface area contributed by atoms with E-state index in [-0.39, 0.29) is 10.8 Å². The first-order valence-electron chi connectivity index (χ1n) is 7.57. The minimum Gasteiger partial charge on any atom is -0.338 e. The van der Waals surface area contributed by atoms with E-state index in [0.717, 1.165) is 44.3 Å². The molecule has 1 aromatic carbocycles. The van der Waals surface area contributed by atoms with Gasteiger partial charge >= 0.3 is 0 Å². The first kappa shape index (κ1) is 17.0. The zero-order valence-corrected chi connectivity index (χ0v) is 14.2. The first-order chi connectivity index (χ1) is 10.3. The summed E-state index contributed by atoms with van der Waals surface area (Å²) in [6.45, 7) is 4.20. The average molecular weight is 324 g/mol. The molecule has 1 unspecified atom stereocenters. The molecule has 1 amide bonds. The van der Waals surface area contributed by atoms with E-state index >= 15 is 0 Å². The monoisotopic (exact) mass is 324 g/mol. The summed E-state index contributed by atoms with van der Waals surface area (Å²) in [6.07, 6.45) is 3.27. The van der Waals surface area contributed by atoms with Crippen LogP contribution in [0.15, 0.2) is 23.1 Å². The standard InChI is InChI=1S/C16H24N2O3S/c1-12-6-7-14(22(3,20)21)9-15(12)16(19)18-8-4-5-13(11-18)10-17-2/h6-7,9,13,17H,4-5,8,10-11H2,1-3H3. The Kier molecular flexibility index (Phi) is 5.24. The molecule has 0 saturated carbocycles. The Morgan fingerprint density at radius 3 is 2.77 bits per heavy atom. The highest BCUT2D eigenvalue weighted by Crippen LogP contribution is 2.21. The minimum absolute atomic E-state index is 0.0659. The quantitative estimate of drug-likeness (QED) is 0.911. The van der Waals surface area contributed by atoms with Crippen molar-refractivity contribution in [3.63, 3.8) is 0 Å². The molecular formula is C16H24N2O3S. The van der Waals surface area contributed by atoms with Crippen molar-refractivity contribution < 1.29 is 13.2 Å². The van der Waals surface area contributed by atoms with E-state index in [1.54, 1.807) is 12.1 Å². The summed E-state index contributed by atoms with van der Waals surface area (Å²) < 4.78 is 23.4. The molecule has 6 heteroatoms. The SMILES string of the molecule is CNCC1CCCN(C(=O)c2cc(S(C)(=O)=O)ccc2C)C1. The molecule has 1 aliphatic heterocycles. The number of nitrogens with zero attached hydrogens (tertiary/aromatic N) is 1. The normalized spacial score (nSPS) is 19.2. The second-order valence-electron chi connectivity index (χ2n) is 6.07. The lowest BCUT2D eigenvalue weighted by atomic mass is 9.97. The Hall–Kier alpha value is -1.40. The van der Waals surface area contributed by atoms with Gasteiger partial charge in [0.2, 0.25) is 0 Å². The number of carbonyl (C=O) groups excluding carboxylic acids is 1. The lowest BCUT2D eigenvalue weighted by molar-refractivity contribution is 0.0673. The molecule has 1 N–H and O–H groups in total. The van der Waals surface area contributed by atoms with Crippen LogP contribution in [-0.4, -0.2) is 52.2 Å². The molecule has 1 fully saturated rings. The summed E-state index contributed by atoms with van der Waals surface area (Å²) in [6, 6.07) is 4.77. The fraction of sp³-hybridized carbons (Fsp3) is 0.562. The number of hydrogen-bond donors (Lipinski definition) is 1. The Labute approximate surface area is 132 Å². The van der Waals surface area contributed by atoms with Crippen molar-refractivity contribution in [1.82, 2.24) is 10.2 Å². The topological polar surface area (TPSA) is 66.5 Å². The number of hydrogen-bond acceptors (Lipinski definition) is 4. The predicted octanol–water partition coefficient (Wildman–Crippen LogP) is 1.47. The highest BCUT2D eigenvalue weighted by Gasteiger charge is 2.25. The number of benzene rings is 1. The van der Waals surface area contributed by atoms with Gasteiger partial charge in [-0.2, -0.15) is 0 Å². The van der Waals surface area contributed by atoms with Gasteiger partial charge in [0.25, 0.3) is 5.91 Å². The van der Waals surface area contributed by atoms with Crippen LogP contribution in [0.4, 0.5) is 0 Å². The van der Waals surface area contributed by atoms with Crippen molar-refractivity contribution in [2.24, 2.45) is 5.92 Å². The summed E-state index contributed by atoms with van der Waals surface area (Å²) in [5, 5.41) is 3.16. The number of likely N-dealkylation sites (tertiary alicyclic amines) is 1. The van der Waals surface area contributed by atoms with Gasteiger partial charge in [0, 0.05) is 24.9 Å². The highest BCUT2D eigenvalue weighted by atomic mass is 32.2. The molecule has 5 nitrogen and oxygen atoms in total. The smallest absolute Gasteiger partial charge is 0.254 e. The molecule has 0 aliphatic carbocycles. The van der Waals surface area contributed by atoms with Crippen LogP contribution in [0.3, 0.4) is 0 Å². The molecule has 0 bridgehead atoms. The van der Waals surface area contributed by atoms with Gasteiger partial charge in [-0.3, -0.25) is 4.79 Å². The van der Waals surface area contributed by atoms with Crippen LogP contribution in [0.5, 0.6) is 0 Å². The van der Waals surface area contributed by atoms with Gasteiger partial charge in [-0.25, -0.2) is 8.42 Å². The fourth-order valence-corrected chi connectivity index (χ4v) is 3.58. The third-order valence-corrected chi connectivity index (χ3v) is 5.28. The van der Waals surface area contributed by atoms with Crippen LogP contribution < -0.4 is 5.32 Å². The van der Waals surface area contributed by atoms with Crippen LogP contribution in [-0.2, 0) is 9.84 Å². The zero-order chi connectivity index (χ0) is 16.3. The largest absolute Gasteiger partial charge is 0.338 e. The molecule has 1 aliphatic rings. The van der Waals surface area contributed by atoms with E-state index in [9.17, 15) is 13.2 Å². The van der Waals surface area contributed by atoms with Gasteiger partial charge < -0.3 is 10.2 Å². The van der Waals surface area contributed by atoms with Crippen molar-refractivity contribution >= 4 is 15.7 Å². The van der Waals surface area contributed by atoms with Gasteiger partial charge in [-0.05, 0) is 57.0 Å². The average Bonchev–Trinajstić information content (AvgIpc) is 2.46. The van der Waals surface area contributed by atoms with Crippen LogP contribution >= 0.6 is 0 Å². The number of piperidine rings is 1. The number of carbonyl (C=O) groups is 1. The maximum absolute atomic E-state index is 12.8. The molecule has 122 valence electrons. The van der Waals surface area contributed by atoms with Crippen LogP contribution in [0, 0.1) is 12.8 Å². The number of sulfone groups is 1. The van der Waals surface area contributed by atoms with E-state index < -0.39 is 9.84 Å². The Balaban J connectivity index is 2.25. The summed E-state index contributed by atoms with van der Waals surface area (Å²) in [7, 11) is -1.39. The third kappa shape index (κ3) is 3.87. The molecule has 1 heterocycles. The van der Waals surface area contributed by atoms with Gasteiger partial charge in [0.1, 0.15) is 0 Å². The maximum Gasteiger partial charge on any atom is 0.254 e. The second kappa shape index (κ2) is 6.79. The summed E-state index contributed by atoms with van der Waals surface area (Å²) in [4.78, 5) is 14.8. The molecule has 1 atom stereocenters. The lowest BCUT2D eigenvalue weighted by Crippen LogP contribution is -2.42. The van der Waals surface area contributed by atoms with E-state index in [0.29, 0.717) is 11.5 Å². The third-order valence-electron chi connectivity index (χ3n) is 4.17. The molecule has 22 heavy (non-hydrogen) atoms. The maximum atomic E-state index is 12.8.